The lowest BCUT2D eigenvalue weighted by Crippen LogP contribution is -2.51. The van der Waals surface area contributed by atoms with E-state index in [0.29, 0.717) is 6.54 Å². The summed E-state index contributed by atoms with van der Waals surface area (Å²) in [5, 5.41) is 0. The monoisotopic (exact) mass is 340 g/mol. The van der Waals surface area contributed by atoms with Crippen LogP contribution in [0.25, 0.3) is 0 Å². The van der Waals surface area contributed by atoms with E-state index >= 15 is 0 Å². The number of ether oxygens (including phenoxy) is 1. The maximum Gasteiger partial charge on any atom is 0.244 e. The third-order valence-electron chi connectivity index (χ3n) is 4.15. The van der Waals surface area contributed by atoms with Crippen LogP contribution in [0.1, 0.15) is 33.1 Å². The van der Waals surface area contributed by atoms with Crippen LogP contribution in [0.2, 0.25) is 0 Å². The summed E-state index contributed by atoms with van der Waals surface area (Å²) in [6.45, 7) is 4.26. The number of benzene rings is 1. The number of sulfonamides is 1. The molecule has 1 saturated heterocycles. The van der Waals surface area contributed by atoms with Gasteiger partial charge >= 0.3 is 0 Å². The van der Waals surface area contributed by atoms with Gasteiger partial charge in [-0.15, -0.1) is 0 Å². The van der Waals surface area contributed by atoms with Crippen LogP contribution in [0.5, 0.6) is 5.75 Å². The summed E-state index contributed by atoms with van der Waals surface area (Å²) < 4.78 is 32.6. The van der Waals surface area contributed by atoms with Crippen molar-refractivity contribution in [3.8, 4) is 5.75 Å². The van der Waals surface area contributed by atoms with Crippen LogP contribution in [0.15, 0.2) is 29.2 Å². The Morgan fingerprint density at radius 1 is 1.35 bits per heavy atom. The third-order valence-corrected chi connectivity index (χ3v) is 5.73. The predicted molar refractivity (Wildman–Crippen MR) is 87.8 cm³/mol. The average Bonchev–Trinajstić information content (AvgIpc) is 2.54. The number of methoxy groups -OCH3 is 1. The van der Waals surface area contributed by atoms with Crippen LogP contribution >= 0.6 is 0 Å². The summed E-state index contributed by atoms with van der Waals surface area (Å²) in [6, 6.07) is 5.69. The van der Waals surface area contributed by atoms with Gasteiger partial charge in [-0.3, -0.25) is 4.79 Å². The maximum atomic E-state index is 12.5. The second-order valence-corrected chi connectivity index (χ2v) is 7.55. The van der Waals surface area contributed by atoms with E-state index in [1.807, 2.05) is 6.92 Å². The molecule has 0 bridgehead atoms. The zero-order valence-corrected chi connectivity index (χ0v) is 14.6. The number of para-hydroxylation sites is 1. The summed E-state index contributed by atoms with van der Waals surface area (Å²) >= 11 is 0. The van der Waals surface area contributed by atoms with Gasteiger partial charge in [0.25, 0.3) is 0 Å². The highest BCUT2D eigenvalue weighted by atomic mass is 32.2. The van der Waals surface area contributed by atoms with E-state index in [1.165, 1.54) is 13.2 Å². The number of piperidine rings is 1. The van der Waals surface area contributed by atoms with Gasteiger partial charge in [-0.25, -0.2) is 8.42 Å². The van der Waals surface area contributed by atoms with Crippen LogP contribution in [0.4, 0.5) is 0 Å². The minimum atomic E-state index is -3.83. The van der Waals surface area contributed by atoms with Gasteiger partial charge in [0.2, 0.25) is 15.9 Å². The van der Waals surface area contributed by atoms with Crippen molar-refractivity contribution in [3.05, 3.63) is 24.3 Å². The second kappa shape index (κ2) is 7.31. The maximum absolute atomic E-state index is 12.5. The molecule has 6 nitrogen and oxygen atoms in total. The highest BCUT2D eigenvalue weighted by Crippen LogP contribution is 2.23. The van der Waals surface area contributed by atoms with Crippen LogP contribution in [-0.2, 0) is 14.8 Å². The van der Waals surface area contributed by atoms with E-state index in [1.54, 1.807) is 30.0 Å². The fourth-order valence-electron chi connectivity index (χ4n) is 2.86. The van der Waals surface area contributed by atoms with E-state index < -0.39 is 16.1 Å². The number of likely N-dealkylation sites (tertiary alicyclic amines) is 1. The lowest BCUT2D eigenvalue weighted by molar-refractivity contribution is -0.135. The quantitative estimate of drug-likeness (QED) is 0.886. The highest BCUT2D eigenvalue weighted by Gasteiger charge is 2.30. The number of carbonyl (C=O) groups excluding carboxylic acids is 1. The Balaban J connectivity index is 2.14. The molecule has 128 valence electrons. The molecule has 0 aliphatic carbocycles. The molecule has 1 amide bonds. The first kappa shape index (κ1) is 17.7. The van der Waals surface area contributed by atoms with E-state index in [4.69, 9.17) is 4.74 Å². The fraction of sp³-hybridized carbons (Fsp3) is 0.562. The van der Waals surface area contributed by atoms with Gasteiger partial charge in [0.15, 0.2) is 0 Å². The molecule has 0 saturated carbocycles. The van der Waals surface area contributed by atoms with Crippen molar-refractivity contribution in [2.45, 2.75) is 50.1 Å². The van der Waals surface area contributed by atoms with Crippen LogP contribution in [0.3, 0.4) is 0 Å². The van der Waals surface area contributed by atoms with Crippen molar-refractivity contribution < 1.29 is 17.9 Å². The lowest BCUT2D eigenvalue weighted by Gasteiger charge is -2.35. The summed E-state index contributed by atoms with van der Waals surface area (Å²) in [7, 11) is -2.41. The first-order chi connectivity index (χ1) is 10.9. The fourth-order valence-corrected chi connectivity index (χ4v) is 4.23. The molecule has 2 rings (SSSR count). The first-order valence-corrected chi connectivity index (χ1v) is 9.31. The van der Waals surface area contributed by atoms with E-state index in [0.717, 1.165) is 19.3 Å². The molecular formula is C16H24N2O4S. The van der Waals surface area contributed by atoms with Crippen molar-refractivity contribution >= 4 is 15.9 Å². The van der Waals surface area contributed by atoms with Crippen LogP contribution in [-0.4, -0.2) is 45.0 Å². The highest BCUT2D eigenvalue weighted by molar-refractivity contribution is 7.89. The van der Waals surface area contributed by atoms with E-state index in [2.05, 4.69) is 4.72 Å². The summed E-state index contributed by atoms with van der Waals surface area (Å²) in [4.78, 5) is 14.3. The number of nitrogens with zero attached hydrogens (tertiary/aromatic N) is 1. The van der Waals surface area contributed by atoms with Gasteiger partial charge in [-0.2, -0.15) is 4.72 Å². The molecule has 1 heterocycles. The SMILES string of the molecule is COc1ccccc1S(=O)(=O)N[C@H](C)C(=O)N1CCCC[C@@H]1C. The number of carbonyl (C=O) groups is 1. The smallest absolute Gasteiger partial charge is 0.244 e. The zero-order valence-electron chi connectivity index (χ0n) is 13.8. The Morgan fingerprint density at radius 2 is 2.04 bits per heavy atom. The van der Waals surface area contributed by atoms with Crippen LogP contribution in [0, 0.1) is 0 Å². The lowest BCUT2D eigenvalue weighted by atomic mass is 10.0. The standard InChI is InChI=1S/C16H24N2O4S/c1-12-8-6-7-11-18(12)16(19)13(2)17-23(20,21)15-10-5-4-9-14(15)22-3/h4-5,9-10,12-13,17H,6-8,11H2,1-3H3/t12-,13+/m0/s1. The summed E-state index contributed by atoms with van der Waals surface area (Å²) in [5.41, 5.74) is 0. The molecule has 1 aliphatic rings. The number of amides is 1. The van der Waals surface area contributed by atoms with Crippen LogP contribution < -0.4 is 9.46 Å². The molecule has 1 aromatic carbocycles. The van der Waals surface area contributed by atoms with Gasteiger partial charge in [-0.05, 0) is 45.2 Å². The minimum absolute atomic E-state index is 0.0360. The zero-order chi connectivity index (χ0) is 17.0. The Kier molecular flexibility index (Phi) is 5.64. The van der Waals surface area contributed by atoms with Gasteiger partial charge in [-0.1, -0.05) is 12.1 Å². The Bertz CT molecular complexity index is 660. The molecule has 7 heteroatoms. The number of nitrogens with one attached hydrogen (secondary N) is 1. The predicted octanol–water partition coefficient (Wildman–Crippen LogP) is 1.76. The Labute approximate surface area is 137 Å². The number of rotatable bonds is 5. The van der Waals surface area contributed by atoms with Crippen molar-refractivity contribution in [1.82, 2.24) is 9.62 Å². The molecule has 0 aromatic heterocycles. The molecule has 0 unspecified atom stereocenters. The van der Waals surface area contributed by atoms with Gasteiger partial charge < -0.3 is 9.64 Å². The molecule has 1 aliphatic heterocycles. The van der Waals surface area contributed by atoms with E-state index in [9.17, 15) is 13.2 Å². The molecule has 1 aromatic rings. The molecule has 0 radical (unpaired) electrons. The summed E-state index contributed by atoms with van der Waals surface area (Å²) in [6.07, 6.45) is 3.02. The molecule has 0 spiro atoms. The van der Waals surface area contributed by atoms with Gasteiger partial charge in [0, 0.05) is 12.6 Å². The van der Waals surface area contributed by atoms with Crippen molar-refractivity contribution in [1.29, 1.82) is 0 Å². The topological polar surface area (TPSA) is 75.7 Å². The second-order valence-electron chi connectivity index (χ2n) is 5.87. The largest absolute Gasteiger partial charge is 0.495 e. The third kappa shape index (κ3) is 4.03. The Morgan fingerprint density at radius 3 is 2.70 bits per heavy atom. The molecular weight excluding hydrogens is 316 g/mol. The van der Waals surface area contributed by atoms with Crippen molar-refractivity contribution in [3.63, 3.8) is 0 Å². The molecule has 1 fully saturated rings. The summed E-state index contributed by atoms with van der Waals surface area (Å²) in [5.74, 6) is 0.0710. The van der Waals surface area contributed by atoms with Crippen molar-refractivity contribution in [2.75, 3.05) is 13.7 Å². The van der Waals surface area contributed by atoms with Gasteiger partial charge in [0.1, 0.15) is 10.6 Å². The van der Waals surface area contributed by atoms with E-state index in [-0.39, 0.29) is 22.6 Å². The molecule has 23 heavy (non-hydrogen) atoms. The van der Waals surface area contributed by atoms with Gasteiger partial charge in [0.05, 0.1) is 13.2 Å². The first-order valence-electron chi connectivity index (χ1n) is 7.82. The average molecular weight is 340 g/mol. The molecule has 1 N–H and O–H groups in total. The normalized spacial score (nSPS) is 20.1. The Hall–Kier alpha value is -1.60. The van der Waals surface area contributed by atoms with Crippen molar-refractivity contribution in [2.24, 2.45) is 0 Å². The molecule has 2 atom stereocenters. The minimum Gasteiger partial charge on any atom is -0.495 e. The number of hydrogen-bond donors (Lipinski definition) is 1. The number of hydrogen-bond acceptors (Lipinski definition) is 4.